The molecule has 0 radical (unpaired) electrons. The SMILES string of the molecule is C=O.CCC(CCC(C)C)Nc1ccc(N)cc1. The van der Waals surface area contributed by atoms with Gasteiger partial charge in [-0.25, -0.2) is 0 Å². The molecular weight excluding hydrogens is 224 g/mol. The second-order valence-electron chi connectivity index (χ2n) is 4.84. The van der Waals surface area contributed by atoms with Gasteiger partial charge in [-0.15, -0.1) is 0 Å². The first-order valence-corrected chi connectivity index (χ1v) is 6.52. The predicted molar refractivity (Wildman–Crippen MR) is 79.7 cm³/mol. The summed E-state index contributed by atoms with van der Waals surface area (Å²) >= 11 is 0. The van der Waals surface area contributed by atoms with Crippen molar-refractivity contribution in [1.82, 2.24) is 0 Å². The standard InChI is InChI=1S/C14H24N2.CH2O/c1-4-13(8-5-11(2)3)16-14-9-6-12(15)7-10-14;1-2/h6-7,9-11,13,16H,4-5,8,15H2,1-3H3;1H2. The molecule has 102 valence electrons. The van der Waals surface area contributed by atoms with E-state index < -0.39 is 0 Å². The Labute approximate surface area is 111 Å². The van der Waals surface area contributed by atoms with E-state index in [0.29, 0.717) is 6.04 Å². The molecule has 0 amide bonds. The molecule has 3 heteroatoms. The van der Waals surface area contributed by atoms with E-state index in [1.807, 2.05) is 31.1 Å². The molecule has 0 spiro atoms. The van der Waals surface area contributed by atoms with Crippen LogP contribution in [0.1, 0.15) is 40.0 Å². The number of hydrogen-bond donors (Lipinski definition) is 2. The van der Waals surface area contributed by atoms with E-state index in [-0.39, 0.29) is 0 Å². The molecule has 0 aliphatic heterocycles. The van der Waals surface area contributed by atoms with Crippen LogP contribution in [0, 0.1) is 5.92 Å². The number of hydrogen-bond acceptors (Lipinski definition) is 3. The second kappa shape index (κ2) is 9.51. The van der Waals surface area contributed by atoms with Crippen LogP contribution >= 0.6 is 0 Å². The Morgan fingerprint density at radius 1 is 1.17 bits per heavy atom. The Morgan fingerprint density at radius 3 is 2.17 bits per heavy atom. The highest BCUT2D eigenvalue weighted by Crippen LogP contribution is 2.16. The molecule has 3 N–H and O–H groups in total. The summed E-state index contributed by atoms with van der Waals surface area (Å²) in [5.41, 5.74) is 7.65. The van der Waals surface area contributed by atoms with Gasteiger partial charge in [-0.1, -0.05) is 20.8 Å². The fourth-order valence-electron chi connectivity index (χ4n) is 1.73. The van der Waals surface area contributed by atoms with E-state index in [1.54, 1.807) is 0 Å². The summed E-state index contributed by atoms with van der Waals surface area (Å²) in [6.45, 7) is 8.78. The van der Waals surface area contributed by atoms with Gasteiger partial charge in [0.05, 0.1) is 0 Å². The summed E-state index contributed by atoms with van der Waals surface area (Å²) in [7, 11) is 0. The van der Waals surface area contributed by atoms with Crippen LogP contribution in [-0.4, -0.2) is 12.8 Å². The van der Waals surface area contributed by atoms with Gasteiger partial charge in [-0.3, -0.25) is 0 Å². The van der Waals surface area contributed by atoms with Crippen molar-refractivity contribution in [3.05, 3.63) is 24.3 Å². The molecule has 0 aliphatic rings. The van der Waals surface area contributed by atoms with Crippen molar-refractivity contribution in [2.24, 2.45) is 5.92 Å². The van der Waals surface area contributed by atoms with Crippen LogP contribution in [0.25, 0.3) is 0 Å². The minimum atomic E-state index is 0.575. The maximum Gasteiger partial charge on any atom is 0.106 e. The summed E-state index contributed by atoms with van der Waals surface area (Å²) in [5.74, 6) is 0.780. The van der Waals surface area contributed by atoms with E-state index in [9.17, 15) is 0 Å². The van der Waals surface area contributed by atoms with Gasteiger partial charge < -0.3 is 15.8 Å². The molecule has 3 nitrogen and oxygen atoms in total. The van der Waals surface area contributed by atoms with E-state index >= 15 is 0 Å². The van der Waals surface area contributed by atoms with Crippen molar-refractivity contribution >= 4 is 18.2 Å². The molecule has 1 aromatic carbocycles. The van der Waals surface area contributed by atoms with E-state index in [1.165, 1.54) is 18.5 Å². The Hall–Kier alpha value is -1.51. The molecule has 0 saturated heterocycles. The van der Waals surface area contributed by atoms with Crippen LogP contribution in [0.15, 0.2) is 24.3 Å². The number of carbonyl (C=O) groups excluding carboxylic acids is 1. The van der Waals surface area contributed by atoms with Gasteiger partial charge in [0.1, 0.15) is 6.79 Å². The maximum absolute atomic E-state index is 8.00. The molecule has 1 atom stereocenters. The number of carbonyl (C=O) groups is 1. The molecule has 0 aromatic heterocycles. The molecule has 1 rings (SSSR count). The molecule has 0 aliphatic carbocycles. The Kier molecular flexibility index (Phi) is 8.71. The van der Waals surface area contributed by atoms with Crippen molar-refractivity contribution in [3.63, 3.8) is 0 Å². The molecule has 0 saturated carbocycles. The summed E-state index contributed by atoms with van der Waals surface area (Å²) in [6, 6.07) is 8.56. The number of rotatable bonds is 6. The average Bonchev–Trinajstić information content (AvgIpc) is 2.39. The summed E-state index contributed by atoms with van der Waals surface area (Å²) in [6.07, 6.45) is 3.68. The lowest BCUT2D eigenvalue weighted by Crippen LogP contribution is -2.18. The molecule has 0 heterocycles. The van der Waals surface area contributed by atoms with E-state index in [0.717, 1.165) is 18.0 Å². The number of nitrogens with two attached hydrogens (primary N) is 1. The number of nitrogen functional groups attached to an aromatic ring is 1. The maximum atomic E-state index is 8.00. The van der Waals surface area contributed by atoms with Crippen LogP contribution in [-0.2, 0) is 4.79 Å². The highest BCUT2D eigenvalue weighted by atomic mass is 16.1. The van der Waals surface area contributed by atoms with Gasteiger partial charge in [0.15, 0.2) is 0 Å². The zero-order valence-electron chi connectivity index (χ0n) is 11.8. The highest BCUT2D eigenvalue weighted by molar-refractivity contribution is 5.51. The van der Waals surface area contributed by atoms with Gasteiger partial charge >= 0.3 is 0 Å². The molecular formula is C15H26N2O. The fourth-order valence-corrected chi connectivity index (χ4v) is 1.73. The fraction of sp³-hybridized carbons (Fsp3) is 0.533. The summed E-state index contributed by atoms with van der Waals surface area (Å²) in [4.78, 5) is 8.00. The Morgan fingerprint density at radius 2 is 1.72 bits per heavy atom. The van der Waals surface area contributed by atoms with E-state index in [4.69, 9.17) is 10.5 Å². The molecule has 0 bridgehead atoms. The second-order valence-corrected chi connectivity index (χ2v) is 4.84. The van der Waals surface area contributed by atoms with Gasteiger partial charge in [0.25, 0.3) is 0 Å². The van der Waals surface area contributed by atoms with Gasteiger partial charge in [0, 0.05) is 17.4 Å². The normalized spacial score (nSPS) is 11.6. The Bertz CT molecular complexity index is 309. The summed E-state index contributed by atoms with van der Waals surface area (Å²) < 4.78 is 0. The highest BCUT2D eigenvalue weighted by Gasteiger charge is 2.06. The molecule has 0 fully saturated rings. The zero-order chi connectivity index (χ0) is 14.0. The Balaban J connectivity index is 0.00000137. The first kappa shape index (κ1) is 16.5. The average molecular weight is 250 g/mol. The van der Waals surface area contributed by atoms with Crippen LogP contribution in [0.2, 0.25) is 0 Å². The van der Waals surface area contributed by atoms with Gasteiger partial charge in [0.2, 0.25) is 0 Å². The van der Waals surface area contributed by atoms with Crippen molar-refractivity contribution in [3.8, 4) is 0 Å². The van der Waals surface area contributed by atoms with Crippen LogP contribution in [0.3, 0.4) is 0 Å². The quantitative estimate of drug-likeness (QED) is 0.757. The van der Waals surface area contributed by atoms with Crippen molar-refractivity contribution in [1.29, 1.82) is 0 Å². The number of benzene rings is 1. The van der Waals surface area contributed by atoms with Gasteiger partial charge in [-0.05, 0) is 49.4 Å². The van der Waals surface area contributed by atoms with Crippen LogP contribution < -0.4 is 11.1 Å². The minimum Gasteiger partial charge on any atom is -0.399 e. The topological polar surface area (TPSA) is 55.1 Å². The smallest absolute Gasteiger partial charge is 0.106 e. The lowest BCUT2D eigenvalue weighted by atomic mass is 10.0. The molecule has 1 aromatic rings. The predicted octanol–water partition coefficient (Wildman–Crippen LogP) is 3.71. The van der Waals surface area contributed by atoms with E-state index in [2.05, 4.69) is 26.1 Å². The largest absolute Gasteiger partial charge is 0.399 e. The number of nitrogens with one attached hydrogen (secondary N) is 1. The third-order valence-corrected chi connectivity index (χ3v) is 2.87. The van der Waals surface area contributed by atoms with Gasteiger partial charge in [-0.2, -0.15) is 0 Å². The van der Waals surface area contributed by atoms with Crippen molar-refractivity contribution in [2.45, 2.75) is 46.1 Å². The third-order valence-electron chi connectivity index (χ3n) is 2.87. The third kappa shape index (κ3) is 6.94. The molecule has 1 unspecified atom stereocenters. The lowest BCUT2D eigenvalue weighted by Gasteiger charge is -2.19. The number of anilines is 2. The monoisotopic (exact) mass is 250 g/mol. The first-order chi connectivity index (χ1) is 8.61. The van der Waals surface area contributed by atoms with Crippen molar-refractivity contribution < 1.29 is 4.79 Å². The minimum absolute atomic E-state index is 0.575. The van der Waals surface area contributed by atoms with Crippen molar-refractivity contribution in [2.75, 3.05) is 11.1 Å². The lowest BCUT2D eigenvalue weighted by molar-refractivity contribution is -0.0979. The van der Waals surface area contributed by atoms with Crippen LogP contribution in [0.5, 0.6) is 0 Å². The zero-order valence-corrected chi connectivity index (χ0v) is 11.8. The van der Waals surface area contributed by atoms with Crippen LogP contribution in [0.4, 0.5) is 11.4 Å². The molecule has 18 heavy (non-hydrogen) atoms. The first-order valence-electron chi connectivity index (χ1n) is 6.52. The summed E-state index contributed by atoms with van der Waals surface area (Å²) in [5, 5.41) is 3.56.